The van der Waals surface area contributed by atoms with Crippen molar-refractivity contribution in [2.75, 3.05) is 10.0 Å². The lowest BCUT2D eigenvalue weighted by molar-refractivity contribution is -0.123. The summed E-state index contributed by atoms with van der Waals surface area (Å²) in [5.74, 6) is -0.304. The van der Waals surface area contributed by atoms with Gasteiger partial charge in [-0.2, -0.15) is 0 Å². The number of nitrogens with one attached hydrogen (secondary N) is 2. The summed E-state index contributed by atoms with van der Waals surface area (Å²) in [6, 6.07) is 12.2. The zero-order chi connectivity index (χ0) is 19.5. The Morgan fingerprint density at radius 2 is 1.50 bits per heavy atom. The Balaban J connectivity index is 2.20. The molecule has 0 atom stereocenters. The number of sulfonamides is 1. The van der Waals surface area contributed by atoms with E-state index in [1.807, 2.05) is 0 Å². The van der Waals surface area contributed by atoms with Crippen molar-refractivity contribution in [2.24, 2.45) is 5.41 Å². The molecule has 0 bridgehead atoms. The van der Waals surface area contributed by atoms with Crippen LogP contribution in [0.4, 0.5) is 11.4 Å². The van der Waals surface area contributed by atoms with Crippen LogP contribution < -0.4 is 10.0 Å². The summed E-state index contributed by atoms with van der Waals surface area (Å²) in [6.45, 7) is 6.79. The van der Waals surface area contributed by atoms with E-state index in [1.54, 1.807) is 45.0 Å². The minimum atomic E-state index is -3.80. The molecule has 0 aliphatic rings. The predicted molar refractivity (Wildman–Crippen MR) is 102 cm³/mol. The Labute approximate surface area is 153 Å². The number of anilines is 2. The molecule has 6 nitrogen and oxygen atoms in total. The van der Waals surface area contributed by atoms with Crippen LogP contribution >= 0.6 is 0 Å². The molecule has 0 radical (unpaired) electrons. The zero-order valence-corrected chi connectivity index (χ0v) is 16.0. The van der Waals surface area contributed by atoms with E-state index < -0.39 is 15.4 Å². The van der Waals surface area contributed by atoms with Crippen LogP contribution in [0.2, 0.25) is 0 Å². The Morgan fingerprint density at radius 3 is 2.04 bits per heavy atom. The lowest BCUT2D eigenvalue weighted by Gasteiger charge is -2.18. The summed E-state index contributed by atoms with van der Waals surface area (Å²) in [7, 11) is -3.80. The molecule has 2 N–H and O–H groups in total. The number of hydrogen-bond acceptors (Lipinski definition) is 4. The zero-order valence-electron chi connectivity index (χ0n) is 15.2. The van der Waals surface area contributed by atoms with E-state index in [1.165, 1.54) is 31.2 Å². The van der Waals surface area contributed by atoms with E-state index in [-0.39, 0.29) is 16.6 Å². The van der Waals surface area contributed by atoms with Gasteiger partial charge in [0.05, 0.1) is 10.6 Å². The third-order valence-corrected chi connectivity index (χ3v) is 5.02. The lowest BCUT2D eigenvalue weighted by Crippen LogP contribution is -2.27. The fourth-order valence-electron chi connectivity index (χ4n) is 2.06. The molecular formula is C19H22N2O4S. The van der Waals surface area contributed by atoms with E-state index in [2.05, 4.69) is 10.0 Å². The van der Waals surface area contributed by atoms with Crippen molar-refractivity contribution in [3.8, 4) is 0 Å². The standard InChI is InChI=1S/C19H22N2O4S/c1-13(22)14-8-10-17(11-9-14)26(24,25)21-16-7-5-6-15(12-16)20-18(23)19(2,3)4/h5-12,21H,1-4H3,(H,20,23). The second-order valence-electron chi connectivity index (χ2n) is 6.97. The van der Waals surface area contributed by atoms with Crippen molar-refractivity contribution in [1.29, 1.82) is 0 Å². The molecular weight excluding hydrogens is 352 g/mol. The molecule has 7 heteroatoms. The molecule has 2 aromatic carbocycles. The van der Waals surface area contributed by atoms with Gasteiger partial charge in [-0.05, 0) is 37.3 Å². The van der Waals surface area contributed by atoms with Gasteiger partial charge in [-0.1, -0.05) is 39.0 Å². The monoisotopic (exact) mass is 374 g/mol. The van der Waals surface area contributed by atoms with E-state index in [9.17, 15) is 18.0 Å². The number of carbonyl (C=O) groups excluding carboxylic acids is 2. The molecule has 0 unspecified atom stereocenters. The van der Waals surface area contributed by atoms with Crippen LogP contribution in [-0.4, -0.2) is 20.1 Å². The first-order valence-corrected chi connectivity index (χ1v) is 9.53. The fraction of sp³-hybridized carbons (Fsp3) is 0.263. The maximum atomic E-state index is 12.5. The SMILES string of the molecule is CC(=O)c1ccc(S(=O)(=O)Nc2cccc(NC(=O)C(C)(C)C)c2)cc1. The molecule has 0 saturated carbocycles. The molecule has 2 aromatic rings. The number of carbonyl (C=O) groups is 2. The summed E-state index contributed by atoms with van der Waals surface area (Å²) in [5, 5.41) is 2.76. The first-order chi connectivity index (χ1) is 12.0. The van der Waals surface area contributed by atoms with E-state index in [0.29, 0.717) is 16.9 Å². The van der Waals surface area contributed by atoms with Gasteiger partial charge in [-0.25, -0.2) is 8.42 Å². The van der Waals surface area contributed by atoms with Crippen molar-refractivity contribution in [3.05, 3.63) is 54.1 Å². The van der Waals surface area contributed by atoms with Gasteiger partial charge in [-0.3, -0.25) is 14.3 Å². The van der Waals surface area contributed by atoms with Crippen molar-refractivity contribution < 1.29 is 18.0 Å². The Bertz CT molecular complexity index is 927. The number of hydrogen-bond donors (Lipinski definition) is 2. The smallest absolute Gasteiger partial charge is 0.261 e. The van der Waals surface area contributed by atoms with Gasteiger partial charge in [-0.15, -0.1) is 0 Å². The Kier molecular flexibility index (Phi) is 5.51. The van der Waals surface area contributed by atoms with Crippen molar-refractivity contribution in [2.45, 2.75) is 32.6 Å². The summed E-state index contributed by atoms with van der Waals surface area (Å²) in [6.07, 6.45) is 0. The van der Waals surface area contributed by atoms with Gasteiger partial charge in [0.25, 0.3) is 10.0 Å². The molecule has 26 heavy (non-hydrogen) atoms. The minimum absolute atomic E-state index is 0.0478. The quantitative estimate of drug-likeness (QED) is 0.781. The van der Waals surface area contributed by atoms with Gasteiger partial charge < -0.3 is 5.32 Å². The van der Waals surface area contributed by atoms with Crippen LogP contribution in [0.25, 0.3) is 0 Å². The molecule has 0 aromatic heterocycles. The van der Waals surface area contributed by atoms with Gasteiger partial charge in [0.15, 0.2) is 5.78 Å². The highest BCUT2D eigenvalue weighted by atomic mass is 32.2. The van der Waals surface area contributed by atoms with Crippen LogP contribution in [0.1, 0.15) is 38.1 Å². The van der Waals surface area contributed by atoms with Gasteiger partial charge >= 0.3 is 0 Å². The Hall–Kier alpha value is -2.67. The molecule has 0 saturated heterocycles. The number of amides is 1. The van der Waals surface area contributed by atoms with Crippen molar-refractivity contribution in [3.63, 3.8) is 0 Å². The highest BCUT2D eigenvalue weighted by molar-refractivity contribution is 7.92. The topological polar surface area (TPSA) is 92.3 Å². The van der Waals surface area contributed by atoms with Crippen LogP contribution in [-0.2, 0) is 14.8 Å². The average Bonchev–Trinajstić information content (AvgIpc) is 2.54. The van der Waals surface area contributed by atoms with Crippen molar-refractivity contribution in [1.82, 2.24) is 0 Å². The largest absolute Gasteiger partial charge is 0.326 e. The number of rotatable bonds is 5. The van der Waals surface area contributed by atoms with Gasteiger partial charge in [0.2, 0.25) is 5.91 Å². The average molecular weight is 374 g/mol. The summed E-state index contributed by atoms with van der Waals surface area (Å²) in [5.41, 5.74) is 0.703. The number of benzene rings is 2. The fourth-order valence-corrected chi connectivity index (χ4v) is 3.11. The summed E-state index contributed by atoms with van der Waals surface area (Å²) < 4.78 is 27.5. The highest BCUT2D eigenvalue weighted by Gasteiger charge is 2.21. The molecule has 0 aliphatic heterocycles. The summed E-state index contributed by atoms with van der Waals surface area (Å²) >= 11 is 0. The van der Waals surface area contributed by atoms with Crippen molar-refractivity contribution >= 4 is 33.1 Å². The maximum Gasteiger partial charge on any atom is 0.261 e. The normalized spacial score (nSPS) is 11.7. The molecule has 2 rings (SSSR count). The van der Waals surface area contributed by atoms with E-state index >= 15 is 0 Å². The molecule has 0 spiro atoms. The van der Waals surface area contributed by atoms with Crippen LogP contribution in [0.5, 0.6) is 0 Å². The third-order valence-electron chi connectivity index (χ3n) is 3.62. The second kappa shape index (κ2) is 7.29. The maximum absolute atomic E-state index is 12.5. The van der Waals surface area contributed by atoms with E-state index in [4.69, 9.17) is 0 Å². The van der Waals surface area contributed by atoms with Crippen LogP contribution in [0, 0.1) is 5.41 Å². The van der Waals surface area contributed by atoms with Gasteiger partial charge in [0, 0.05) is 16.7 Å². The predicted octanol–water partition coefficient (Wildman–Crippen LogP) is 3.67. The molecule has 1 amide bonds. The number of Topliss-reactive ketones (excluding diaryl/α,β-unsaturated/α-hetero) is 1. The lowest BCUT2D eigenvalue weighted by atomic mass is 9.95. The third kappa shape index (κ3) is 4.92. The van der Waals surface area contributed by atoms with Crippen LogP contribution in [0.3, 0.4) is 0 Å². The first kappa shape index (κ1) is 19.7. The highest BCUT2D eigenvalue weighted by Crippen LogP contribution is 2.22. The number of ketones is 1. The second-order valence-corrected chi connectivity index (χ2v) is 8.65. The Morgan fingerprint density at radius 1 is 0.923 bits per heavy atom. The minimum Gasteiger partial charge on any atom is -0.326 e. The first-order valence-electron chi connectivity index (χ1n) is 8.04. The van der Waals surface area contributed by atoms with Gasteiger partial charge in [0.1, 0.15) is 0 Å². The van der Waals surface area contributed by atoms with E-state index in [0.717, 1.165) is 0 Å². The summed E-state index contributed by atoms with van der Waals surface area (Å²) in [4.78, 5) is 23.4. The molecule has 138 valence electrons. The van der Waals surface area contributed by atoms with Crippen LogP contribution in [0.15, 0.2) is 53.4 Å². The molecule has 0 aliphatic carbocycles. The molecule has 0 fully saturated rings. The molecule has 0 heterocycles.